The molecule has 0 spiro atoms. The van der Waals surface area contributed by atoms with Crippen LogP contribution in [0.5, 0.6) is 0 Å². The SMILES string of the molecule is Cc1nc(C[C@H]2O[C@@H](c3cccc(Cl)c3)[C@@H](c3ccc(Cl)cc3)N([C@@H](CC3(S(=O)(=O)Nc4ccccc4F)CC3)C3CC3)C2=O)n[nH]1. The molecule has 246 valence electrons. The molecule has 1 aromatic heterocycles. The Morgan fingerprint density at radius 1 is 1.04 bits per heavy atom. The summed E-state index contributed by atoms with van der Waals surface area (Å²) in [5, 5.41) is 8.16. The number of H-pyrrole nitrogens is 1. The number of ether oxygens (including phenoxy) is 1. The number of hydrogen-bond donors (Lipinski definition) is 2. The lowest BCUT2D eigenvalue weighted by molar-refractivity contribution is -0.180. The van der Waals surface area contributed by atoms with Crippen molar-refractivity contribution in [2.75, 3.05) is 4.72 Å². The Morgan fingerprint density at radius 3 is 2.43 bits per heavy atom. The van der Waals surface area contributed by atoms with Gasteiger partial charge in [0.05, 0.1) is 16.5 Å². The molecular formula is C34H34Cl2FN5O4S. The Hall–Kier alpha value is -3.51. The van der Waals surface area contributed by atoms with Gasteiger partial charge in [0.1, 0.15) is 23.8 Å². The summed E-state index contributed by atoms with van der Waals surface area (Å²) >= 11 is 12.8. The van der Waals surface area contributed by atoms with Crippen LogP contribution in [0, 0.1) is 18.7 Å². The molecule has 1 amide bonds. The smallest absolute Gasteiger partial charge is 0.253 e. The zero-order valence-corrected chi connectivity index (χ0v) is 27.9. The van der Waals surface area contributed by atoms with Crippen LogP contribution < -0.4 is 4.72 Å². The summed E-state index contributed by atoms with van der Waals surface area (Å²) in [6, 6.07) is 19.3. The second-order valence-corrected chi connectivity index (χ2v) is 15.7. The first kappa shape index (κ1) is 32.1. The summed E-state index contributed by atoms with van der Waals surface area (Å²) in [5.74, 6) is 0.224. The van der Waals surface area contributed by atoms with Crippen molar-refractivity contribution in [3.63, 3.8) is 0 Å². The number of rotatable bonds is 11. The first-order valence-electron chi connectivity index (χ1n) is 15.7. The van der Waals surface area contributed by atoms with Gasteiger partial charge in [0, 0.05) is 22.5 Å². The summed E-state index contributed by atoms with van der Waals surface area (Å²) in [6.45, 7) is 1.78. The van der Waals surface area contributed by atoms with Crippen molar-refractivity contribution >= 4 is 44.8 Å². The highest BCUT2D eigenvalue weighted by Crippen LogP contribution is 2.55. The second kappa shape index (κ2) is 12.5. The highest BCUT2D eigenvalue weighted by Gasteiger charge is 2.60. The molecule has 47 heavy (non-hydrogen) atoms. The highest BCUT2D eigenvalue weighted by atomic mass is 35.5. The normalized spacial score (nSPS) is 23.0. The number of morpholine rings is 1. The van der Waals surface area contributed by atoms with Gasteiger partial charge in [0.2, 0.25) is 10.0 Å². The van der Waals surface area contributed by atoms with E-state index in [0.29, 0.717) is 34.5 Å². The number of aryl methyl sites for hydroxylation is 1. The van der Waals surface area contributed by atoms with E-state index in [2.05, 4.69) is 19.9 Å². The maximum Gasteiger partial charge on any atom is 0.253 e. The van der Waals surface area contributed by atoms with Crippen LogP contribution in [0.2, 0.25) is 10.0 Å². The number of carbonyl (C=O) groups is 1. The number of nitrogens with one attached hydrogen (secondary N) is 2. The molecule has 3 aromatic carbocycles. The Kier molecular flexibility index (Phi) is 8.53. The molecule has 7 rings (SSSR count). The predicted octanol–water partition coefficient (Wildman–Crippen LogP) is 6.95. The van der Waals surface area contributed by atoms with Crippen LogP contribution in [0.3, 0.4) is 0 Å². The molecule has 1 saturated heterocycles. The van der Waals surface area contributed by atoms with Crippen molar-refractivity contribution in [1.82, 2.24) is 20.1 Å². The van der Waals surface area contributed by atoms with Crippen molar-refractivity contribution in [3.8, 4) is 0 Å². The average molecular weight is 699 g/mol. The lowest BCUT2D eigenvalue weighted by Crippen LogP contribution is -2.57. The standard InChI is InChI=1S/C34H34Cl2FN5O4S/c1-20-38-30(40-39-20)18-29-33(43)42(31(22-11-13-24(35)14-12-22)32(46-29)23-5-4-6-25(36)17-23)28(21-9-10-21)19-34(15-16-34)47(44,45)41-27-8-3-2-7-26(27)37/h2-8,11-14,17,21,28-29,31-32,41H,9-10,15-16,18-19H2,1H3,(H,38,39,40)/t28-,29+,31+,32-/m0/s1. The summed E-state index contributed by atoms with van der Waals surface area (Å²) in [4.78, 5) is 21.1. The molecule has 2 saturated carbocycles. The second-order valence-electron chi connectivity index (χ2n) is 12.8. The summed E-state index contributed by atoms with van der Waals surface area (Å²) in [5.41, 5.74) is 1.48. The Bertz CT molecular complexity index is 1900. The lowest BCUT2D eigenvalue weighted by atomic mass is 9.88. The number of halogens is 3. The minimum Gasteiger partial charge on any atom is -0.357 e. The molecule has 1 aliphatic heterocycles. The molecule has 4 aromatic rings. The van der Waals surface area contributed by atoms with Crippen LogP contribution in [0.1, 0.15) is 67.0 Å². The van der Waals surface area contributed by atoms with Crippen molar-refractivity contribution in [3.05, 3.63) is 111 Å². The van der Waals surface area contributed by atoms with Crippen LogP contribution >= 0.6 is 23.2 Å². The van der Waals surface area contributed by atoms with Gasteiger partial charge in [-0.05, 0) is 92.5 Å². The highest BCUT2D eigenvalue weighted by molar-refractivity contribution is 7.94. The summed E-state index contributed by atoms with van der Waals surface area (Å²) < 4.78 is 50.5. The van der Waals surface area contributed by atoms with Crippen LogP contribution in [-0.4, -0.2) is 51.3 Å². The zero-order valence-electron chi connectivity index (χ0n) is 25.6. The van der Waals surface area contributed by atoms with Crippen molar-refractivity contribution in [2.24, 2.45) is 5.92 Å². The minimum atomic E-state index is -4.02. The quantitative estimate of drug-likeness (QED) is 0.175. The topological polar surface area (TPSA) is 117 Å². The fourth-order valence-corrected chi connectivity index (χ4v) is 8.75. The van der Waals surface area contributed by atoms with Gasteiger partial charge in [0.25, 0.3) is 5.91 Å². The molecule has 2 N–H and O–H groups in total. The van der Waals surface area contributed by atoms with E-state index in [1.54, 1.807) is 31.2 Å². The van der Waals surface area contributed by atoms with Gasteiger partial charge in [-0.1, -0.05) is 59.6 Å². The predicted molar refractivity (Wildman–Crippen MR) is 177 cm³/mol. The van der Waals surface area contributed by atoms with Crippen LogP contribution in [-0.2, 0) is 26.0 Å². The van der Waals surface area contributed by atoms with Crippen molar-refractivity contribution < 1.29 is 22.3 Å². The van der Waals surface area contributed by atoms with Gasteiger partial charge in [-0.15, -0.1) is 0 Å². The first-order chi connectivity index (χ1) is 22.5. The molecule has 0 bridgehead atoms. The van der Waals surface area contributed by atoms with E-state index in [-0.39, 0.29) is 30.4 Å². The van der Waals surface area contributed by atoms with Crippen LogP contribution in [0.25, 0.3) is 0 Å². The first-order valence-corrected chi connectivity index (χ1v) is 17.9. The van der Waals surface area contributed by atoms with Gasteiger partial charge < -0.3 is 9.64 Å². The lowest BCUT2D eigenvalue weighted by Gasteiger charge is -2.49. The largest absolute Gasteiger partial charge is 0.357 e. The molecule has 0 radical (unpaired) electrons. The van der Waals surface area contributed by atoms with Crippen LogP contribution in [0.4, 0.5) is 10.1 Å². The molecule has 2 heterocycles. The van der Waals surface area contributed by atoms with E-state index >= 15 is 0 Å². The molecule has 13 heteroatoms. The number of nitrogens with zero attached hydrogens (tertiary/aromatic N) is 3. The molecule has 3 fully saturated rings. The molecular weight excluding hydrogens is 664 g/mol. The third kappa shape index (κ3) is 6.50. The Labute approximate surface area is 282 Å². The van der Waals surface area contributed by atoms with E-state index in [1.165, 1.54) is 18.2 Å². The molecule has 0 unspecified atom stereocenters. The van der Waals surface area contributed by atoms with Crippen molar-refractivity contribution in [1.29, 1.82) is 0 Å². The number of amides is 1. The zero-order chi connectivity index (χ0) is 32.9. The van der Waals surface area contributed by atoms with Gasteiger partial charge in [0.15, 0.2) is 5.82 Å². The third-order valence-electron chi connectivity index (χ3n) is 9.43. The number of benzene rings is 3. The fraction of sp³-hybridized carbons (Fsp3) is 0.382. The molecule has 4 atom stereocenters. The molecule has 3 aliphatic rings. The maximum atomic E-state index is 14.8. The number of aromatic amines is 1. The summed E-state index contributed by atoms with van der Waals surface area (Å²) in [6.07, 6.45) is 1.25. The minimum absolute atomic E-state index is 0.0828. The molecule has 2 aliphatic carbocycles. The maximum absolute atomic E-state index is 14.8. The Morgan fingerprint density at radius 2 is 1.79 bits per heavy atom. The number of hydrogen-bond acceptors (Lipinski definition) is 6. The van der Waals surface area contributed by atoms with Crippen molar-refractivity contribution in [2.45, 2.75) is 74.5 Å². The number of anilines is 1. The van der Waals surface area contributed by atoms with E-state index in [9.17, 15) is 17.6 Å². The van der Waals surface area contributed by atoms with Gasteiger partial charge >= 0.3 is 0 Å². The fourth-order valence-electron chi connectivity index (χ4n) is 6.72. The van der Waals surface area contributed by atoms with Gasteiger partial charge in [-0.3, -0.25) is 14.6 Å². The van der Waals surface area contributed by atoms with E-state index in [4.69, 9.17) is 27.9 Å². The monoisotopic (exact) mass is 697 g/mol. The number of carbonyl (C=O) groups excluding carboxylic acids is 1. The van der Waals surface area contributed by atoms with Gasteiger partial charge in [-0.2, -0.15) is 5.10 Å². The van der Waals surface area contributed by atoms with Gasteiger partial charge in [-0.25, -0.2) is 17.8 Å². The summed E-state index contributed by atoms with van der Waals surface area (Å²) in [7, 11) is -4.02. The number of sulfonamides is 1. The average Bonchev–Trinajstić information content (AvgIpc) is 3.97. The van der Waals surface area contributed by atoms with Crippen LogP contribution in [0.15, 0.2) is 72.8 Å². The Balaban J connectivity index is 1.31. The number of aromatic nitrogens is 3. The van der Waals surface area contributed by atoms with E-state index in [1.807, 2.05) is 35.2 Å². The van der Waals surface area contributed by atoms with E-state index < -0.39 is 44.9 Å². The number of para-hydroxylation sites is 1. The van der Waals surface area contributed by atoms with E-state index in [0.717, 1.165) is 24.0 Å². The third-order valence-corrected chi connectivity index (χ3v) is 12.1. The molecule has 9 nitrogen and oxygen atoms in total.